The van der Waals surface area contributed by atoms with Gasteiger partial charge in [-0.1, -0.05) is 6.92 Å². The van der Waals surface area contributed by atoms with Crippen molar-refractivity contribution < 1.29 is 18.3 Å². The third-order valence-electron chi connectivity index (χ3n) is 2.09. The fraction of sp³-hybridized carbons (Fsp3) is 0.778. The lowest BCUT2D eigenvalue weighted by atomic mass is 10.2. The summed E-state index contributed by atoms with van der Waals surface area (Å²) in [5, 5.41) is 17.3. The van der Waals surface area contributed by atoms with Gasteiger partial charge in [-0.2, -0.15) is 22.7 Å². The van der Waals surface area contributed by atoms with Crippen molar-refractivity contribution in [3.63, 3.8) is 0 Å². The Hall–Kier alpha value is -1.17. The van der Waals surface area contributed by atoms with Gasteiger partial charge in [-0.3, -0.25) is 4.79 Å². The summed E-state index contributed by atoms with van der Waals surface area (Å²) in [7, 11) is -3.87. The number of carboxylic acids is 1. The van der Waals surface area contributed by atoms with Crippen LogP contribution in [0.3, 0.4) is 0 Å². The van der Waals surface area contributed by atoms with Gasteiger partial charge in [-0.25, -0.2) is 0 Å². The number of nitrogens with zero attached hydrogens (tertiary/aromatic N) is 2. The van der Waals surface area contributed by atoms with Gasteiger partial charge in [0.2, 0.25) is 0 Å². The molecule has 0 saturated heterocycles. The minimum atomic E-state index is -3.87. The maximum atomic E-state index is 11.8. The Morgan fingerprint density at radius 1 is 1.53 bits per heavy atom. The first-order chi connectivity index (χ1) is 7.74. The van der Waals surface area contributed by atoms with E-state index in [9.17, 15) is 13.2 Å². The second-order valence-electron chi connectivity index (χ2n) is 3.66. The molecule has 0 spiro atoms. The molecule has 2 N–H and O–H groups in total. The molecule has 8 heteroatoms. The SMILES string of the molecule is CCN(CC(C)C#N)S(=O)(=O)N[C@H](C)C(=O)O. The van der Waals surface area contributed by atoms with Gasteiger partial charge in [0.05, 0.1) is 12.0 Å². The van der Waals surface area contributed by atoms with Gasteiger partial charge in [0, 0.05) is 13.1 Å². The Bertz CT molecular complexity index is 401. The summed E-state index contributed by atoms with van der Waals surface area (Å²) in [5.74, 6) is -1.70. The van der Waals surface area contributed by atoms with E-state index in [4.69, 9.17) is 10.4 Å². The van der Waals surface area contributed by atoms with Gasteiger partial charge in [-0.05, 0) is 13.8 Å². The molecule has 0 heterocycles. The first-order valence-electron chi connectivity index (χ1n) is 5.14. The molecule has 0 bridgehead atoms. The normalized spacial score (nSPS) is 15.2. The van der Waals surface area contributed by atoms with Crippen LogP contribution in [0, 0.1) is 17.2 Å². The first kappa shape index (κ1) is 15.8. The molecule has 0 fully saturated rings. The van der Waals surface area contributed by atoms with E-state index in [1.807, 2.05) is 10.8 Å². The van der Waals surface area contributed by atoms with Gasteiger partial charge in [-0.15, -0.1) is 0 Å². The highest BCUT2D eigenvalue weighted by atomic mass is 32.2. The van der Waals surface area contributed by atoms with Crippen molar-refractivity contribution in [3.8, 4) is 6.07 Å². The van der Waals surface area contributed by atoms with Crippen molar-refractivity contribution in [2.45, 2.75) is 26.8 Å². The van der Waals surface area contributed by atoms with Gasteiger partial charge < -0.3 is 5.11 Å². The molecule has 0 aliphatic heterocycles. The number of nitrogens with one attached hydrogen (secondary N) is 1. The summed E-state index contributed by atoms with van der Waals surface area (Å²) in [4.78, 5) is 10.6. The highest BCUT2D eigenvalue weighted by molar-refractivity contribution is 7.87. The second kappa shape index (κ2) is 6.54. The zero-order valence-corrected chi connectivity index (χ0v) is 10.9. The summed E-state index contributed by atoms with van der Waals surface area (Å²) in [5.41, 5.74) is 0. The molecule has 0 saturated carbocycles. The topological polar surface area (TPSA) is 111 Å². The fourth-order valence-corrected chi connectivity index (χ4v) is 2.55. The molecule has 0 aromatic rings. The molecule has 1 unspecified atom stereocenters. The molecule has 0 aliphatic rings. The number of hydrogen-bond donors (Lipinski definition) is 2. The van der Waals surface area contributed by atoms with Crippen LogP contribution in [0.5, 0.6) is 0 Å². The average Bonchev–Trinajstić information content (AvgIpc) is 2.24. The summed E-state index contributed by atoms with van der Waals surface area (Å²) >= 11 is 0. The van der Waals surface area contributed by atoms with Crippen LogP contribution in [-0.2, 0) is 15.0 Å². The van der Waals surface area contributed by atoms with Crippen molar-refractivity contribution >= 4 is 16.2 Å². The fourth-order valence-electron chi connectivity index (χ4n) is 1.09. The zero-order valence-electron chi connectivity index (χ0n) is 10.0. The molecule has 98 valence electrons. The second-order valence-corrected chi connectivity index (χ2v) is 5.37. The summed E-state index contributed by atoms with van der Waals surface area (Å²) < 4.78 is 26.6. The van der Waals surface area contributed by atoms with Crippen molar-refractivity contribution in [1.82, 2.24) is 9.03 Å². The molecule has 0 rings (SSSR count). The highest BCUT2D eigenvalue weighted by Gasteiger charge is 2.26. The average molecular weight is 263 g/mol. The number of carbonyl (C=O) groups is 1. The van der Waals surface area contributed by atoms with Crippen LogP contribution in [0.15, 0.2) is 0 Å². The molecule has 2 atom stereocenters. The smallest absolute Gasteiger partial charge is 0.321 e. The third-order valence-corrected chi connectivity index (χ3v) is 3.83. The Labute approximate surface area is 101 Å². The van der Waals surface area contributed by atoms with E-state index >= 15 is 0 Å². The van der Waals surface area contributed by atoms with Crippen molar-refractivity contribution in [2.24, 2.45) is 5.92 Å². The number of carboxylic acid groups (broad SMARTS) is 1. The maximum absolute atomic E-state index is 11.8. The summed E-state index contributed by atoms with van der Waals surface area (Å²) in [6, 6.07) is 0.725. The third kappa shape index (κ3) is 5.12. The lowest BCUT2D eigenvalue weighted by molar-refractivity contribution is -0.138. The van der Waals surface area contributed by atoms with E-state index in [0.717, 1.165) is 4.31 Å². The van der Waals surface area contributed by atoms with Crippen molar-refractivity contribution in [2.75, 3.05) is 13.1 Å². The van der Waals surface area contributed by atoms with Crippen LogP contribution in [0.2, 0.25) is 0 Å². The lowest BCUT2D eigenvalue weighted by Crippen LogP contribution is -2.48. The number of aliphatic carboxylic acids is 1. The van der Waals surface area contributed by atoms with E-state index in [1.54, 1.807) is 13.8 Å². The zero-order chi connectivity index (χ0) is 13.6. The van der Waals surface area contributed by atoms with Crippen LogP contribution in [-0.4, -0.2) is 42.9 Å². The molecule has 0 aliphatic carbocycles. The van der Waals surface area contributed by atoms with E-state index in [2.05, 4.69) is 0 Å². The van der Waals surface area contributed by atoms with Crippen LogP contribution in [0.4, 0.5) is 0 Å². The predicted molar refractivity (Wildman–Crippen MR) is 61.2 cm³/mol. The van der Waals surface area contributed by atoms with E-state index in [-0.39, 0.29) is 13.1 Å². The molecular formula is C9H17N3O4S. The quantitative estimate of drug-likeness (QED) is 0.659. The van der Waals surface area contributed by atoms with Crippen LogP contribution in [0.1, 0.15) is 20.8 Å². The Balaban J connectivity index is 4.77. The molecule has 7 nitrogen and oxygen atoms in total. The summed E-state index contributed by atoms with van der Waals surface area (Å²) in [6.45, 7) is 4.66. The van der Waals surface area contributed by atoms with Gasteiger partial charge in [0.15, 0.2) is 0 Å². The van der Waals surface area contributed by atoms with Crippen molar-refractivity contribution in [3.05, 3.63) is 0 Å². The number of hydrogen-bond acceptors (Lipinski definition) is 4. The Kier molecular flexibility index (Phi) is 6.09. The minimum absolute atomic E-state index is 0.0364. The van der Waals surface area contributed by atoms with Gasteiger partial charge >= 0.3 is 5.97 Å². The molecule has 0 radical (unpaired) electrons. The van der Waals surface area contributed by atoms with E-state index < -0.39 is 28.1 Å². The van der Waals surface area contributed by atoms with Crippen molar-refractivity contribution in [1.29, 1.82) is 5.26 Å². The van der Waals surface area contributed by atoms with Crippen LogP contribution >= 0.6 is 0 Å². The van der Waals surface area contributed by atoms with Crippen LogP contribution in [0.25, 0.3) is 0 Å². The highest BCUT2D eigenvalue weighted by Crippen LogP contribution is 2.04. The van der Waals surface area contributed by atoms with E-state index in [1.165, 1.54) is 6.92 Å². The Morgan fingerprint density at radius 2 is 2.06 bits per heavy atom. The maximum Gasteiger partial charge on any atom is 0.321 e. The molecule has 0 amide bonds. The Morgan fingerprint density at radius 3 is 2.41 bits per heavy atom. The van der Waals surface area contributed by atoms with Gasteiger partial charge in [0.1, 0.15) is 6.04 Å². The molecule has 0 aromatic carbocycles. The van der Waals surface area contributed by atoms with E-state index in [0.29, 0.717) is 0 Å². The minimum Gasteiger partial charge on any atom is -0.480 e. The first-order valence-corrected chi connectivity index (χ1v) is 6.58. The summed E-state index contributed by atoms with van der Waals surface area (Å²) in [6.07, 6.45) is 0. The monoisotopic (exact) mass is 263 g/mol. The predicted octanol–water partition coefficient (Wildman–Crippen LogP) is -0.225. The molecule has 17 heavy (non-hydrogen) atoms. The number of nitriles is 1. The molecular weight excluding hydrogens is 246 g/mol. The van der Waals surface area contributed by atoms with Gasteiger partial charge in [0.25, 0.3) is 10.2 Å². The standard InChI is InChI=1S/C9H17N3O4S/c1-4-12(6-7(2)5-10)17(15,16)11-8(3)9(13)14/h7-8,11H,4,6H2,1-3H3,(H,13,14)/t7?,8-/m1/s1. The number of rotatable bonds is 7. The lowest BCUT2D eigenvalue weighted by Gasteiger charge is -2.22. The molecule has 0 aromatic heterocycles. The largest absolute Gasteiger partial charge is 0.480 e. The van der Waals surface area contributed by atoms with Crippen LogP contribution < -0.4 is 4.72 Å².